The van der Waals surface area contributed by atoms with Crippen molar-refractivity contribution in [3.63, 3.8) is 0 Å². The summed E-state index contributed by atoms with van der Waals surface area (Å²) in [5, 5.41) is 0. The van der Waals surface area contributed by atoms with Gasteiger partial charge in [0, 0.05) is 24.6 Å². The van der Waals surface area contributed by atoms with Crippen molar-refractivity contribution in [2.75, 3.05) is 6.61 Å². The van der Waals surface area contributed by atoms with Crippen LogP contribution in [0.4, 0.5) is 0 Å². The first-order valence-electron chi connectivity index (χ1n) is 9.17. The molecule has 0 aliphatic rings. The van der Waals surface area contributed by atoms with Crippen molar-refractivity contribution in [3.8, 4) is 0 Å². The van der Waals surface area contributed by atoms with Gasteiger partial charge in [-0.2, -0.15) is 0 Å². The zero-order chi connectivity index (χ0) is 17.5. The number of rotatable bonds is 14. The molecule has 1 aromatic heterocycles. The van der Waals surface area contributed by atoms with Crippen molar-refractivity contribution in [1.29, 1.82) is 0 Å². The van der Waals surface area contributed by atoms with E-state index in [4.69, 9.17) is 4.74 Å². The molecule has 24 heavy (non-hydrogen) atoms. The van der Waals surface area contributed by atoms with E-state index >= 15 is 0 Å². The predicted molar refractivity (Wildman–Crippen MR) is 99.4 cm³/mol. The summed E-state index contributed by atoms with van der Waals surface area (Å²) >= 11 is 0. The maximum Gasteiger partial charge on any atom is 0.330 e. The molecule has 0 amide bonds. The minimum atomic E-state index is -0.315. The number of hydrogen-bond acceptors (Lipinski definition) is 2. The number of hydrogen-bond donors (Lipinski definition) is 0. The second-order valence-electron chi connectivity index (χ2n) is 6.13. The summed E-state index contributed by atoms with van der Waals surface area (Å²) in [6, 6.07) is 4.21. The van der Waals surface area contributed by atoms with Gasteiger partial charge in [0.1, 0.15) is 6.54 Å². The van der Waals surface area contributed by atoms with E-state index in [9.17, 15) is 4.79 Å². The SMILES string of the molecule is C=CC(=O)OCCCCCCCCCCC[n+]1ccc(C=C)cc1. The van der Waals surface area contributed by atoms with Crippen molar-refractivity contribution >= 4 is 12.0 Å². The van der Waals surface area contributed by atoms with Crippen LogP contribution in [-0.2, 0) is 16.1 Å². The highest BCUT2D eigenvalue weighted by Crippen LogP contribution is 2.10. The number of nitrogens with zero attached hydrogens (tertiary/aromatic N) is 1. The van der Waals surface area contributed by atoms with E-state index in [2.05, 4.69) is 42.3 Å². The maximum absolute atomic E-state index is 10.8. The average molecular weight is 330 g/mol. The molecule has 1 aromatic rings. The van der Waals surface area contributed by atoms with Gasteiger partial charge in [0.05, 0.1) is 6.61 Å². The van der Waals surface area contributed by atoms with Gasteiger partial charge in [0.25, 0.3) is 0 Å². The molecule has 0 fully saturated rings. The minimum Gasteiger partial charge on any atom is -0.463 e. The van der Waals surface area contributed by atoms with E-state index in [1.54, 1.807) is 0 Å². The Morgan fingerprint density at radius 1 is 0.917 bits per heavy atom. The Balaban J connectivity index is 1.85. The smallest absolute Gasteiger partial charge is 0.330 e. The first-order valence-corrected chi connectivity index (χ1v) is 9.17. The Kier molecular flexibility index (Phi) is 11.4. The fourth-order valence-corrected chi connectivity index (χ4v) is 2.62. The molecule has 0 unspecified atom stereocenters. The Labute approximate surface area is 147 Å². The lowest BCUT2D eigenvalue weighted by atomic mass is 10.1. The molecule has 0 radical (unpaired) electrons. The lowest BCUT2D eigenvalue weighted by Gasteiger charge is -2.03. The van der Waals surface area contributed by atoms with Crippen LogP contribution in [-0.4, -0.2) is 12.6 Å². The lowest BCUT2D eigenvalue weighted by molar-refractivity contribution is -0.697. The number of aromatic nitrogens is 1. The van der Waals surface area contributed by atoms with Crippen LogP contribution in [0.25, 0.3) is 6.08 Å². The summed E-state index contributed by atoms with van der Waals surface area (Å²) < 4.78 is 7.19. The molecule has 0 aliphatic carbocycles. The fraction of sp³-hybridized carbons (Fsp3) is 0.524. The van der Waals surface area contributed by atoms with Crippen LogP contribution in [0.3, 0.4) is 0 Å². The molecular formula is C21H32NO2+. The number of aryl methyl sites for hydroxylation is 1. The van der Waals surface area contributed by atoms with Crippen molar-refractivity contribution in [3.05, 3.63) is 49.3 Å². The van der Waals surface area contributed by atoms with E-state index < -0.39 is 0 Å². The monoisotopic (exact) mass is 330 g/mol. The van der Waals surface area contributed by atoms with Crippen molar-refractivity contribution in [2.45, 2.75) is 64.3 Å². The van der Waals surface area contributed by atoms with Crippen LogP contribution in [0, 0.1) is 0 Å². The molecule has 3 heteroatoms. The van der Waals surface area contributed by atoms with E-state index in [1.807, 2.05) is 6.08 Å². The van der Waals surface area contributed by atoms with Gasteiger partial charge >= 0.3 is 5.97 Å². The van der Waals surface area contributed by atoms with Gasteiger partial charge in [-0.3, -0.25) is 0 Å². The predicted octanol–water partition coefficient (Wildman–Crippen LogP) is 4.86. The maximum atomic E-state index is 10.8. The normalized spacial score (nSPS) is 10.3. The molecule has 0 bridgehead atoms. The number of unbranched alkanes of at least 4 members (excludes halogenated alkanes) is 8. The molecule has 0 saturated carbocycles. The van der Waals surface area contributed by atoms with Gasteiger partial charge < -0.3 is 4.74 Å². The van der Waals surface area contributed by atoms with Gasteiger partial charge in [-0.25, -0.2) is 9.36 Å². The molecule has 1 heterocycles. The van der Waals surface area contributed by atoms with Crippen molar-refractivity contribution in [2.24, 2.45) is 0 Å². The Hall–Kier alpha value is -1.90. The third kappa shape index (κ3) is 9.98. The quantitative estimate of drug-likeness (QED) is 0.211. The van der Waals surface area contributed by atoms with Crippen LogP contribution >= 0.6 is 0 Å². The summed E-state index contributed by atoms with van der Waals surface area (Å²) in [6.45, 7) is 8.77. The first-order chi connectivity index (χ1) is 11.8. The second-order valence-corrected chi connectivity index (χ2v) is 6.13. The van der Waals surface area contributed by atoms with Gasteiger partial charge in [-0.1, -0.05) is 57.8 Å². The van der Waals surface area contributed by atoms with Crippen molar-refractivity contribution in [1.82, 2.24) is 0 Å². The lowest BCUT2D eigenvalue weighted by Crippen LogP contribution is -2.32. The van der Waals surface area contributed by atoms with Gasteiger partial charge in [-0.15, -0.1) is 0 Å². The van der Waals surface area contributed by atoms with Crippen LogP contribution in [0.15, 0.2) is 43.8 Å². The van der Waals surface area contributed by atoms with Gasteiger partial charge in [0.15, 0.2) is 12.4 Å². The standard InChI is InChI=1S/C21H32NO2/c1-3-20-14-17-22(18-15-20)16-12-10-8-6-5-7-9-11-13-19-24-21(23)4-2/h3-4,14-15,17-18H,1-2,5-13,16,19H2/q+1. The highest BCUT2D eigenvalue weighted by molar-refractivity contribution is 5.81. The van der Waals surface area contributed by atoms with Crippen LogP contribution < -0.4 is 4.57 Å². The number of pyridine rings is 1. The van der Waals surface area contributed by atoms with E-state index in [0.29, 0.717) is 6.61 Å². The number of esters is 1. The summed E-state index contributed by atoms with van der Waals surface area (Å²) in [5.74, 6) is -0.315. The zero-order valence-corrected chi connectivity index (χ0v) is 14.9. The highest BCUT2D eigenvalue weighted by Gasteiger charge is 2.00. The molecule has 0 saturated heterocycles. The topological polar surface area (TPSA) is 30.2 Å². The fourth-order valence-electron chi connectivity index (χ4n) is 2.62. The summed E-state index contributed by atoms with van der Waals surface area (Å²) in [5.41, 5.74) is 1.17. The third-order valence-electron chi connectivity index (χ3n) is 4.12. The average Bonchev–Trinajstić information content (AvgIpc) is 2.62. The number of carbonyl (C=O) groups excluding carboxylic acids is 1. The molecular weight excluding hydrogens is 298 g/mol. The van der Waals surface area contributed by atoms with Crippen LogP contribution in [0.5, 0.6) is 0 Å². The highest BCUT2D eigenvalue weighted by atomic mass is 16.5. The third-order valence-corrected chi connectivity index (χ3v) is 4.12. The van der Waals surface area contributed by atoms with Crippen molar-refractivity contribution < 1.29 is 14.1 Å². The molecule has 3 nitrogen and oxygen atoms in total. The molecule has 0 atom stereocenters. The molecule has 1 rings (SSSR count). The minimum absolute atomic E-state index is 0.315. The molecule has 0 aromatic carbocycles. The Morgan fingerprint density at radius 2 is 1.46 bits per heavy atom. The van der Waals surface area contributed by atoms with Gasteiger partial charge in [0.2, 0.25) is 0 Å². The molecule has 0 N–H and O–H groups in total. The number of ether oxygens (including phenoxy) is 1. The van der Waals surface area contributed by atoms with E-state index in [-0.39, 0.29) is 5.97 Å². The molecule has 0 aliphatic heterocycles. The van der Waals surface area contributed by atoms with Crippen LogP contribution in [0.1, 0.15) is 63.4 Å². The number of carbonyl (C=O) groups is 1. The molecule has 0 spiro atoms. The molecule has 132 valence electrons. The Bertz CT molecular complexity index is 479. The largest absolute Gasteiger partial charge is 0.463 e. The van der Waals surface area contributed by atoms with E-state index in [0.717, 1.165) is 19.4 Å². The first kappa shape index (κ1) is 20.1. The summed E-state index contributed by atoms with van der Waals surface area (Å²) in [4.78, 5) is 10.8. The summed E-state index contributed by atoms with van der Waals surface area (Å²) in [7, 11) is 0. The van der Waals surface area contributed by atoms with E-state index in [1.165, 1.54) is 56.6 Å². The second kappa shape index (κ2) is 13.5. The van der Waals surface area contributed by atoms with Crippen LogP contribution in [0.2, 0.25) is 0 Å². The Morgan fingerprint density at radius 3 is 2.00 bits per heavy atom. The zero-order valence-electron chi connectivity index (χ0n) is 14.9. The summed E-state index contributed by atoms with van der Waals surface area (Å²) in [6.07, 6.45) is 18.5. The van der Waals surface area contributed by atoms with Gasteiger partial charge in [-0.05, 0) is 18.4 Å².